The summed E-state index contributed by atoms with van der Waals surface area (Å²) < 4.78 is 12.5. The van der Waals surface area contributed by atoms with Gasteiger partial charge in [-0.25, -0.2) is 0 Å². The molecule has 8 heteroatoms. The fourth-order valence-corrected chi connectivity index (χ4v) is 2.16. The Morgan fingerprint density at radius 3 is 2.82 bits per heavy atom. The van der Waals surface area contributed by atoms with Gasteiger partial charge in [-0.05, 0) is 32.9 Å². The van der Waals surface area contributed by atoms with Crippen molar-refractivity contribution in [2.45, 2.75) is 27.3 Å². The molecule has 0 aliphatic heterocycles. The van der Waals surface area contributed by atoms with E-state index in [0.29, 0.717) is 29.5 Å². The second kappa shape index (κ2) is 5.47. The summed E-state index contributed by atoms with van der Waals surface area (Å²) in [5, 5.41) is 14.4. The number of amides is 1. The van der Waals surface area contributed by atoms with E-state index < -0.39 is 0 Å². The fourth-order valence-electron chi connectivity index (χ4n) is 2.16. The van der Waals surface area contributed by atoms with Crippen LogP contribution in [0.3, 0.4) is 0 Å². The van der Waals surface area contributed by atoms with Gasteiger partial charge in [-0.15, -0.1) is 5.10 Å². The summed E-state index contributed by atoms with van der Waals surface area (Å²) in [6.07, 6.45) is 1.56. The number of nitrogens with zero attached hydrogens (tertiary/aromatic N) is 4. The van der Waals surface area contributed by atoms with Gasteiger partial charge in [0.2, 0.25) is 0 Å². The first-order valence-corrected chi connectivity index (χ1v) is 6.82. The molecule has 0 spiro atoms. The Morgan fingerprint density at radius 1 is 1.32 bits per heavy atom. The Balaban J connectivity index is 1.80. The lowest BCUT2D eigenvalue weighted by Crippen LogP contribution is -2.17. The maximum atomic E-state index is 12.2. The van der Waals surface area contributed by atoms with E-state index in [1.54, 1.807) is 23.0 Å². The lowest BCUT2D eigenvalue weighted by Gasteiger charge is -2.02. The first kappa shape index (κ1) is 14.1. The van der Waals surface area contributed by atoms with Crippen molar-refractivity contribution in [2.75, 3.05) is 5.32 Å². The molecule has 1 amide bonds. The molecule has 0 fully saturated rings. The fraction of sp³-hybridized carbons (Fsp3) is 0.286. The number of furan rings is 1. The van der Waals surface area contributed by atoms with Gasteiger partial charge in [-0.3, -0.25) is 14.8 Å². The van der Waals surface area contributed by atoms with E-state index in [0.717, 1.165) is 5.76 Å². The van der Waals surface area contributed by atoms with Gasteiger partial charge in [0.25, 0.3) is 11.8 Å². The van der Waals surface area contributed by atoms with Crippen molar-refractivity contribution in [3.63, 3.8) is 0 Å². The summed E-state index contributed by atoms with van der Waals surface area (Å²) in [7, 11) is 0. The Kier molecular flexibility index (Phi) is 3.50. The highest BCUT2D eigenvalue weighted by molar-refractivity contribution is 6.01. The Hall–Kier alpha value is -2.90. The van der Waals surface area contributed by atoms with Crippen molar-refractivity contribution >= 4 is 11.9 Å². The molecule has 3 heterocycles. The lowest BCUT2D eigenvalue weighted by atomic mass is 10.2. The Labute approximate surface area is 126 Å². The number of nitrogens with one attached hydrogen (secondary N) is 1. The Morgan fingerprint density at radius 2 is 2.14 bits per heavy atom. The molecule has 0 aliphatic rings. The molecule has 0 atom stereocenters. The van der Waals surface area contributed by atoms with Crippen LogP contribution in [0.1, 0.15) is 28.9 Å². The van der Waals surface area contributed by atoms with Crippen molar-refractivity contribution in [1.82, 2.24) is 20.0 Å². The van der Waals surface area contributed by atoms with Crippen molar-refractivity contribution < 1.29 is 13.6 Å². The first-order valence-electron chi connectivity index (χ1n) is 6.82. The molecule has 0 saturated heterocycles. The number of anilines is 1. The summed E-state index contributed by atoms with van der Waals surface area (Å²) in [4.78, 5) is 12.2. The molecular weight excluding hydrogens is 286 g/mol. The van der Waals surface area contributed by atoms with Crippen LogP contribution in [0.4, 0.5) is 6.01 Å². The molecular formula is C14H15N5O3. The molecule has 3 aromatic rings. The van der Waals surface area contributed by atoms with E-state index >= 15 is 0 Å². The van der Waals surface area contributed by atoms with Crippen LogP contribution in [0.25, 0.3) is 11.5 Å². The number of aromatic nitrogens is 4. The van der Waals surface area contributed by atoms with Gasteiger partial charge < -0.3 is 8.83 Å². The second-order valence-electron chi connectivity index (χ2n) is 4.73. The number of hydrogen-bond acceptors (Lipinski definition) is 6. The van der Waals surface area contributed by atoms with E-state index in [-0.39, 0.29) is 11.9 Å². The van der Waals surface area contributed by atoms with Crippen molar-refractivity contribution in [2.24, 2.45) is 0 Å². The van der Waals surface area contributed by atoms with Gasteiger partial charge in [0.1, 0.15) is 17.2 Å². The quantitative estimate of drug-likeness (QED) is 0.794. The zero-order chi connectivity index (χ0) is 15.7. The highest BCUT2D eigenvalue weighted by Crippen LogP contribution is 2.26. The monoisotopic (exact) mass is 301 g/mol. The molecule has 0 aromatic carbocycles. The van der Waals surface area contributed by atoms with Gasteiger partial charge in [-0.2, -0.15) is 5.10 Å². The third-order valence-corrected chi connectivity index (χ3v) is 3.17. The molecule has 0 saturated carbocycles. The minimum absolute atomic E-state index is 0.0297. The maximum Gasteiger partial charge on any atom is 0.322 e. The molecule has 0 radical (unpaired) electrons. The number of carbonyl (C=O) groups is 1. The van der Waals surface area contributed by atoms with E-state index in [2.05, 4.69) is 20.6 Å². The van der Waals surface area contributed by atoms with E-state index in [1.807, 2.05) is 20.8 Å². The average molecular weight is 301 g/mol. The highest BCUT2D eigenvalue weighted by Gasteiger charge is 2.18. The molecule has 8 nitrogen and oxygen atoms in total. The van der Waals surface area contributed by atoms with Gasteiger partial charge in [-0.1, -0.05) is 5.10 Å². The van der Waals surface area contributed by atoms with Gasteiger partial charge in [0, 0.05) is 12.7 Å². The smallest absolute Gasteiger partial charge is 0.322 e. The summed E-state index contributed by atoms with van der Waals surface area (Å²) >= 11 is 0. The minimum atomic E-state index is -0.352. The van der Waals surface area contributed by atoms with Crippen LogP contribution in [-0.4, -0.2) is 25.9 Å². The van der Waals surface area contributed by atoms with Gasteiger partial charge in [0.05, 0.1) is 5.56 Å². The molecule has 3 aromatic heterocycles. The first-order chi connectivity index (χ1) is 10.6. The van der Waals surface area contributed by atoms with Crippen LogP contribution < -0.4 is 5.32 Å². The molecule has 114 valence electrons. The lowest BCUT2D eigenvalue weighted by molar-refractivity contribution is 0.101. The third-order valence-electron chi connectivity index (χ3n) is 3.17. The van der Waals surface area contributed by atoms with Crippen LogP contribution in [0, 0.1) is 13.8 Å². The summed E-state index contributed by atoms with van der Waals surface area (Å²) in [5.74, 6) is 1.38. The number of hydrogen-bond donors (Lipinski definition) is 1. The molecule has 22 heavy (non-hydrogen) atoms. The SMILES string of the molecule is CCn1nccc1C(=O)Nc1nnc(-c2cc(C)oc2C)o1. The topological polar surface area (TPSA) is 99.0 Å². The Bertz CT molecular complexity index is 814. The molecule has 1 N–H and O–H groups in total. The number of rotatable bonds is 4. The van der Waals surface area contributed by atoms with E-state index in [1.165, 1.54) is 0 Å². The van der Waals surface area contributed by atoms with Crippen LogP contribution in [-0.2, 0) is 6.54 Å². The number of aryl methyl sites for hydroxylation is 3. The second-order valence-corrected chi connectivity index (χ2v) is 4.73. The maximum absolute atomic E-state index is 12.2. The number of carbonyl (C=O) groups excluding carboxylic acids is 1. The van der Waals surface area contributed by atoms with Crippen LogP contribution in [0.5, 0.6) is 0 Å². The normalized spacial score (nSPS) is 10.9. The van der Waals surface area contributed by atoms with Crippen LogP contribution in [0.15, 0.2) is 27.2 Å². The highest BCUT2D eigenvalue weighted by atomic mass is 16.4. The van der Waals surface area contributed by atoms with E-state index in [4.69, 9.17) is 8.83 Å². The van der Waals surface area contributed by atoms with Crippen LogP contribution >= 0.6 is 0 Å². The summed E-state index contributed by atoms with van der Waals surface area (Å²) in [6.45, 7) is 6.14. The van der Waals surface area contributed by atoms with E-state index in [9.17, 15) is 4.79 Å². The minimum Gasteiger partial charge on any atom is -0.466 e. The molecule has 0 aliphatic carbocycles. The van der Waals surface area contributed by atoms with Gasteiger partial charge >= 0.3 is 6.01 Å². The summed E-state index contributed by atoms with van der Waals surface area (Å²) in [6, 6.07) is 3.46. The van der Waals surface area contributed by atoms with Crippen molar-refractivity contribution in [3.8, 4) is 11.5 Å². The molecule has 3 rings (SSSR count). The predicted octanol–water partition coefficient (Wildman–Crippen LogP) is 2.42. The van der Waals surface area contributed by atoms with Crippen molar-refractivity contribution in [3.05, 3.63) is 35.5 Å². The third kappa shape index (κ3) is 2.50. The average Bonchev–Trinajstić information content (AvgIpc) is 3.18. The zero-order valence-corrected chi connectivity index (χ0v) is 12.5. The largest absolute Gasteiger partial charge is 0.466 e. The van der Waals surface area contributed by atoms with Crippen molar-refractivity contribution in [1.29, 1.82) is 0 Å². The predicted molar refractivity (Wildman–Crippen MR) is 77.3 cm³/mol. The molecule has 0 unspecified atom stereocenters. The van der Waals surface area contributed by atoms with Gasteiger partial charge in [0.15, 0.2) is 0 Å². The zero-order valence-electron chi connectivity index (χ0n) is 12.5. The molecule has 0 bridgehead atoms. The standard InChI is InChI=1S/C14H15N5O3/c1-4-19-11(5-6-15-19)12(20)16-14-18-17-13(22-14)10-7-8(2)21-9(10)3/h5-7H,4H2,1-3H3,(H,16,18,20). The van der Waals surface area contributed by atoms with Crippen LogP contribution in [0.2, 0.25) is 0 Å². The summed E-state index contributed by atoms with van der Waals surface area (Å²) in [5.41, 5.74) is 1.14.